The van der Waals surface area contributed by atoms with Crippen molar-refractivity contribution in [3.8, 4) is 11.8 Å². The third-order valence-corrected chi connectivity index (χ3v) is 4.64. The quantitative estimate of drug-likeness (QED) is 0.700. The molecule has 0 bridgehead atoms. The van der Waals surface area contributed by atoms with Crippen LogP contribution < -0.4 is 20.5 Å². The molecule has 7 nitrogen and oxygen atoms in total. The maximum atomic E-state index is 12.0. The summed E-state index contributed by atoms with van der Waals surface area (Å²) in [5.41, 5.74) is 5.32. The molecule has 0 radical (unpaired) electrons. The van der Waals surface area contributed by atoms with E-state index in [1.165, 1.54) is 12.8 Å². The predicted octanol–water partition coefficient (Wildman–Crippen LogP) is 2.38. The van der Waals surface area contributed by atoms with Gasteiger partial charge in [0.2, 0.25) is 17.7 Å². The minimum atomic E-state index is -0.748. The largest absolute Gasteiger partial charge is 0.476 e. The van der Waals surface area contributed by atoms with Gasteiger partial charge in [-0.25, -0.2) is 4.79 Å². The van der Waals surface area contributed by atoms with Gasteiger partial charge in [0.1, 0.15) is 6.04 Å². The lowest BCUT2D eigenvalue weighted by atomic mass is 10.1. The first kappa shape index (κ1) is 17.0. The van der Waals surface area contributed by atoms with Crippen molar-refractivity contribution >= 4 is 27.9 Å². The first-order valence-corrected chi connectivity index (χ1v) is 8.87. The predicted molar refractivity (Wildman–Crippen MR) is 89.6 cm³/mol. The number of rotatable bonds is 8. The van der Waals surface area contributed by atoms with Crippen LogP contribution >= 0.6 is 15.9 Å². The molecule has 2 fully saturated rings. The van der Waals surface area contributed by atoms with E-state index in [0.717, 1.165) is 12.8 Å². The molecule has 0 saturated heterocycles. The molecular formula is C16H20BrN3O4. The molecule has 2 amide bonds. The molecule has 3 rings (SSSR count). The number of amides is 2. The van der Waals surface area contributed by atoms with E-state index in [-0.39, 0.29) is 5.88 Å². The zero-order valence-corrected chi connectivity index (χ0v) is 14.8. The number of primary amides is 1. The first-order valence-electron chi connectivity index (χ1n) is 8.08. The minimum Gasteiger partial charge on any atom is -0.476 e. The van der Waals surface area contributed by atoms with E-state index < -0.39 is 18.0 Å². The first-order chi connectivity index (χ1) is 11.5. The van der Waals surface area contributed by atoms with E-state index in [1.807, 2.05) is 0 Å². The Kier molecular flexibility index (Phi) is 5.23. The van der Waals surface area contributed by atoms with Gasteiger partial charge in [0.05, 0.1) is 11.1 Å². The zero-order valence-electron chi connectivity index (χ0n) is 13.2. The summed E-state index contributed by atoms with van der Waals surface area (Å²) in [7, 11) is 0. The topological polar surface area (TPSA) is 104 Å². The van der Waals surface area contributed by atoms with Crippen LogP contribution in [0.25, 0.3) is 0 Å². The molecule has 2 aliphatic carbocycles. The standard InChI is InChI=1S/C16H20BrN3O4/c17-11-5-6-13(20-15(11)23-8-10-3-4-10)24-16(22)19-12(14(18)21)7-9-1-2-9/h5-6,9-10,12H,1-4,7-8H2,(H2,18,21)(H,19,22)/t12-/m0/s1. The highest BCUT2D eigenvalue weighted by molar-refractivity contribution is 9.10. The number of hydrogen-bond donors (Lipinski definition) is 2. The SMILES string of the molecule is NC(=O)[C@H](CC1CC1)NC(=O)Oc1ccc(Br)c(OCC2CC2)n1. The molecule has 1 heterocycles. The summed E-state index contributed by atoms with van der Waals surface area (Å²) in [4.78, 5) is 27.6. The second kappa shape index (κ2) is 7.38. The molecule has 8 heteroatoms. The van der Waals surface area contributed by atoms with Crippen LogP contribution in [0.15, 0.2) is 16.6 Å². The number of nitrogens with one attached hydrogen (secondary N) is 1. The molecule has 3 N–H and O–H groups in total. The Labute approximate surface area is 148 Å². The summed E-state index contributed by atoms with van der Waals surface area (Å²) in [6, 6.07) is 2.53. The van der Waals surface area contributed by atoms with Gasteiger partial charge < -0.3 is 20.5 Å². The monoisotopic (exact) mass is 397 g/mol. The number of halogens is 1. The Morgan fingerprint density at radius 3 is 2.62 bits per heavy atom. The lowest BCUT2D eigenvalue weighted by Gasteiger charge is -2.15. The normalized spacial score (nSPS) is 17.9. The summed E-state index contributed by atoms with van der Waals surface area (Å²) >= 11 is 3.36. The van der Waals surface area contributed by atoms with Crippen molar-refractivity contribution in [1.82, 2.24) is 10.3 Å². The van der Waals surface area contributed by atoms with E-state index in [1.54, 1.807) is 12.1 Å². The molecule has 130 valence electrons. The zero-order chi connectivity index (χ0) is 17.1. The summed E-state index contributed by atoms with van der Waals surface area (Å²) in [6.07, 6.45) is 4.28. The van der Waals surface area contributed by atoms with E-state index >= 15 is 0 Å². The third-order valence-electron chi connectivity index (χ3n) is 4.04. The molecule has 1 aromatic heterocycles. The molecule has 1 aromatic rings. The fourth-order valence-electron chi connectivity index (χ4n) is 2.25. The van der Waals surface area contributed by atoms with E-state index in [4.69, 9.17) is 15.2 Å². The minimum absolute atomic E-state index is 0.108. The van der Waals surface area contributed by atoms with Crippen molar-refractivity contribution in [2.24, 2.45) is 17.6 Å². The van der Waals surface area contributed by atoms with Gasteiger partial charge in [-0.1, -0.05) is 12.8 Å². The second-order valence-corrected chi connectivity index (χ2v) is 7.21. The molecule has 2 aliphatic rings. The van der Waals surface area contributed by atoms with Crippen LogP contribution in [0.1, 0.15) is 32.1 Å². The molecule has 24 heavy (non-hydrogen) atoms. The number of nitrogens with zero attached hydrogens (tertiary/aromatic N) is 1. The van der Waals surface area contributed by atoms with Crippen molar-refractivity contribution in [2.75, 3.05) is 6.61 Å². The van der Waals surface area contributed by atoms with Gasteiger partial charge in [-0.15, -0.1) is 0 Å². The van der Waals surface area contributed by atoms with Gasteiger partial charge in [0, 0.05) is 6.07 Å². The number of hydrogen-bond acceptors (Lipinski definition) is 5. The Morgan fingerprint density at radius 2 is 2.00 bits per heavy atom. The lowest BCUT2D eigenvalue weighted by molar-refractivity contribution is -0.120. The van der Waals surface area contributed by atoms with Crippen LogP contribution in [0, 0.1) is 11.8 Å². The number of pyridine rings is 1. The maximum absolute atomic E-state index is 12.0. The Balaban J connectivity index is 1.56. The van der Waals surface area contributed by atoms with E-state index in [2.05, 4.69) is 26.2 Å². The van der Waals surface area contributed by atoms with Gasteiger partial charge >= 0.3 is 6.09 Å². The van der Waals surface area contributed by atoms with Crippen LogP contribution in [0.2, 0.25) is 0 Å². The number of carbonyl (C=O) groups excluding carboxylic acids is 2. The Morgan fingerprint density at radius 1 is 1.29 bits per heavy atom. The number of aromatic nitrogens is 1. The molecule has 0 spiro atoms. The third kappa shape index (κ3) is 5.09. The van der Waals surface area contributed by atoms with Crippen LogP contribution in [-0.2, 0) is 4.79 Å². The van der Waals surface area contributed by atoms with E-state index in [9.17, 15) is 9.59 Å². The Hall–Kier alpha value is -1.83. The summed E-state index contributed by atoms with van der Waals surface area (Å²) in [6.45, 7) is 0.604. The van der Waals surface area contributed by atoms with Crippen LogP contribution in [0.3, 0.4) is 0 Å². The molecule has 0 aliphatic heterocycles. The fraction of sp³-hybridized carbons (Fsp3) is 0.562. The van der Waals surface area contributed by atoms with Gasteiger partial charge in [-0.05, 0) is 53.1 Å². The fourth-order valence-corrected chi connectivity index (χ4v) is 2.58. The number of ether oxygens (including phenoxy) is 2. The lowest BCUT2D eigenvalue weighted by Crippen LogP contribution is -2.45. The molecule has 1 atom stereocenters. The van der Waals surface area contributed by atoms with Crippen molar-refractivity contribution in [1.29, 1.82) is 0 Å². The Bertz CT molecular complexity index is 632. The van der Waals surface area contributed by atoms with Crippen molar-refractivity contribution in [2.45, 2.75) is 38.1 Å². The van der Waals surface area contributed by atoms with Crippen molar-refractivity contribution in [3.63, 3.8) is 0 Å². The number of nitrogens with two attached hydrogens (primary N) is 1. The highest BCUT2D eigenvalue weighted by Crippen LogP contribution is 2.34. The molecule has 0 aromatic carbocycles. The molecule has 2 saturated carbocycles. The summed E-state index contributed by atoms with van der Waals surface area (Å²) < 4.78 is 11.5. The van der Waals surface area contributed by atoms with Gasteiger partial charge in [-0.2, -0.15) is 4.98 Å². The maximum Gasteiger partial charge on any atom is 0.414 e. The average Bonchev–Trinajstić information content (AvgIpc) is 3.42. The van der Waals surface area contributed by atoms with Gasteiger partial charge in [-0.3, -0.25) is 4.79 Å². The van der Waals surface area contributed by atoms with E-state index in [0.29, 0.717) is 35.2 Å². The summed E-state index contributed by atoms with van der Waals surface area (Å²) in [5.74, 6) is 0.977. The highest BCUT2D eigenvalue weighted by atomic mass is 79.9. The van der Waals surface area contributed by atoms with Crippen LogP contribution in [0.5, 0.6) is 11.8 Å². The van der Waals surface area contributed by atoms with Crippen LogP contribution in [0.4, 0.5) is 4.79 Å². The second-order valence-electron chi connectivity index (χ2n) is 6.36. The van der Waals surface area contributed by atoms with Crippen LogP contribution in [-0.4, -0.2) is 29.6 Å². The average molecular weight is 398 g/mol. The smallest absolute Gasteiger partial charge is 0.414 e. The highest BCUT2D eigenvalue weighted by Gasteiger charge is 2.29. The number of carbonyl (C=O) groups is 2. The molecule has 0 unspecified atom stereocenters. The summed E-state index contributed by atoms with van der Waals surface area (Å²) in [5, 5.41) is 2.50. The van der Waals surface area contributed by atoms with Gasteiger partial charge in [0.25, 0.3) is 0 Å². The van der Waals surface area contributed by atoms with Crippen molar-refractivity contribution < 1.29 is 19.1 Å². The van der Waals surface area contributed by atoms with Crippen molar-refractivity contribution in [3.05, 3.63) is 16.6 Å². The molecular weight excluding hydrogens is 378 g/mol. The van der Waals surface area contributed by atoms with Gasteiger partial charge in [0.15, 0.2) is 0 Å².